The second-order valence-electron chi connectivity index (χ2n) is 4.83. The summed E-state index contributed by atoms with van der Waals surface area (Å²) in [4.78, 5) is 0.891. The highest BCUT2D eigenvalue weighted by Crippen LogP contribution is 2.09. The fraction of sp³-hybridized carbons (Fsp3) is 0.400. The van der Waals surface area contributed by atoms with Crippen LogP contribution in [0.15, 0.2) is 53.7 Å². The number of rotatable bonds is 7. The fourth-order valence-electron chi connectivity index (χ4n) is 1.99. The van der Waals surface area contributed by atoms with Crippen LogP contribution in [0.3, 0.4) is 0 Å². The van der Waals surface area contributed by atoms with Crippen LogP contribution in [0.2, 0.25) is 0 Å². The Kier molecular flexibility index (Phi) is 5.49. The van der Waals surface area contributed by atoms with Gasteiger partial charge in [-0.3, -0.25) is 8.89 Å². The Morgan fingerprint density at radius 2 is 2.00 bits per heavy atom. The first-order valence-electron chi connectivity index (χ1n) is 6.84. The first-order valence-corrected chi connectivity index (χ1v) is 8.16. The van der Waals surface area contributed by atoms with E-state index in [4.69, 9.17) is 0 Å². The molecule has 2 aromatic rings. The quantitative estimate of drug-likeness (QED) is 0.851. The zero-order chi connectivity index (χ0) is 14.4. The van der Waals surface area contributed by atoms with E-state index in [9.17, 15) is 4.21 Å². The van der Waals surface area contributed by atoms with Crippen LogP contribution >= 0.6 is 0 Å². The third-order valence-electron chi connectivity index (χ3n) is 3.43. The normalized spacial score (nSPS) is 15.7. The number of nitrogens with zero attached hydrogens (tertiary/aromatic N) is 2. The van der Waals surface area contributed by atoms with E-state index >= 15 is 0 Å². The van der Waals surface area contributed by atoms with Crippen LogP contribution in [0, 0.1) is 0 Å². The highest BCUT2D eigenvalue weighted by Gasteiger charge is 2.13. The van der Waals surface area contributed by atoms with E-state index in [-0.39, 0.29) is 12.1 Å². The van der Waals surface area contributed by atoms with E-state index in [0.29, 0.717) is 5.75 Å². The van der Waals surface area contributed by atoms with Crippen molar-refractivity contribution < 1.29 is 4.21 Å². The Balaban J connectivity index is 1.77. The van der Waals surface area contributed by atoms with Crippen molar-refractivity contribution in [3.63, 3.8) is 0 Å². The van der Waals surface area contributed by atoms with Crippen molar-refractivity contribution in [2.45, 2.75) is 30.8 Å². The molecular formula is C15H21N3OS. The van der Waals surface area contributed by atoms with Gasteiger partial charge in [0.15, 0.2) is 0 Å². The maximum atomic E-state index is 12.1. The minimum Gasteiger partial charge on any atom is -0.311 e. The van der Waals surface area contributed by atoms with Crippen LogP contribution in [0.1, 0.15) is 19.9 Å². The maximum Gasteiger partial charge on any atom is 0.0641 e. The Hall–Kier alpha value is -1.46. The lowest BCUT2D eigenvalue weighted by molar-refractivity contribution is 0.372. The molecule has 20 heavy (non-hydrogen) atoms. The second kappa shape index (κ2) is 7.36. The molecule has 0 aliphatic rings. The van der Waals surface area contributed by atoms with E-state index in [0.717, 1.165) is 11.4 Å². The fourth-order valence-corrected chi connectivity index (χ4v) is 2.99. The van der Waals surface area contributed by atoms with Crippen molar-refractivity contribution in [2.24, 2.45) is 0 Å². The monoisotopic (exact) mass is 291 g/mol. The van der Waals surface area contributed by atoms with Gasteiger partial charge in [-0.15, -0.1) is 0 Å². The third-order valence-corrected chi connectivity index (χ3v) is 4.80. The first-order chi connectivity index (χ1) is 9.68. The average Bonchev–Trinajstić information content (AvgIpc) is 3.01. The molecule has 108 valence electrons. The zero-order valence-electron chi connectivity index (χ0n) is 11.9. The van der Waals surface area contributed by atoms with E-state index in [2.05, 4.69) is 24.3 Å². The van der Waals surface area contributed by atoms with Crippen molar-refractivity contribution >= 4 is 10.8 Å². The van der Waals surface area contributed by atoms with Crippen molar-refractivity contribution in [3.8, 4) is 0 Å². The summed E-state index contributed by atoms with van der Waals surface area (Å²) in [5, 5.41) is 7.66. The van der Waals surface area contributed by atoms with E-state index in [1.54, 1.807) is 6.20 Å². The Morgan fingerprint density at radius 1 is 1.25 bits per heavy atom. The highest BCUT2D eigenvalue weighted by atomic mass is 32.2. The lowest BCUT2D eigenvalue weighted by Gasteiger charge is -2.21. The lowest BCUT2D eigenvalue weighted by atomic mass is 10.2. The Morgan fingerprint density at radius 3 is 2.65 bits per heavy atom. The van der Waals surface area contributed by atoms with Gasteiger partial charge in [0.05, 0.1) is 16.8 Å². The molecule has 1 N–H and O–H groups in total. The minimum absolute atomic E-state index is 0.273. The number of hydrogen-bond acceptors (Lipinski definition) is 3. The van der Waals surface area contributed by atoms with Crippen LogP contribution in [-0.2, 0) is 10.8 Å². The average molecular weight is 291 g/mol. The zero-order valence-corrected chi connectivity index (χ0v) is 12.7. The van der Waals surface area contributed by atoms with E-state index in [1.165, 1.54) is 0 Å². The summed E-state index contributed by atoms with van der Waals surface area (Å²) in [5.41, 5.74) is 0. The summed E-state index contributed by atoms with van der Waals surface area (Å²) in [6, 6.07) is 12.1. The molecule has 0 saturated heterocycles. The number of benzene rings is 1. The molecule has 0 saturated carbocycles. The summed E-state index contributed by atoms with van der Waals surface area (Å²) in [5.74, 6) is 0.625. The van der Waals surface area contributed by atoms with Crippen LogP contribution in [0.4, 0.5) is 0 Å². The van der Waals surface area contributed by atoms with Crippen LogP contribution in [-0.4, -0.2) is 32.3 Å². The number of nitrogens with one attached hydrogen (secondary N) is 1. The van der Waals surface area contributed by atoms with Gasteiger partial charge in [-0.25, -0.2) is 0 Å². The standard InChI is InChI=1S/C15H21N3OS/c1-13(14(2)18-11-6-9-17-18)16-10-12-20(19)15-7-4-3-5-8-15/h3-9,11,13-14,16H,10,12H2,1-2H3/t13-,14-,20+/m0/s1. The van der Waals surface area contributed by atoms with Crippen LogP contribution in [0.25, 0.3) is 0 Å². The predicted molar refractivity (Wildman–Crippen MR) is 82.1 cm³/mol. The summed E-state index contributed by atoms with van der Waals surface area (Å²) in [6.45, 7) is 4.98. The molecule has 1 aromatic carbocycles. The molecule has 1 heterocycles. The van der Waals surface area contributed by atoms with Gasteiger partial charge in [0, 0.05) is 35.6 Å². The van der Waals surface area contributed by atoms with Gasteiger partial charge in [0.1, 0.15) is 0 Å². The van der Waals surface area contributed by atoms with Gasteiger partial charge in [-0.1, -0.05) is 18.2 Å². The molecule has 0 fully saturated rings. The van der Waals surface area contributed by atoms with Crippen molar-refractivity contribution in [2.75, 3.05) is 12.3 Å². The molecule has 0 unspecified atom stereocenters. The molecule has 0 spiro atoms. The van der Waals surface area contributed by atoms with Gasteiger partial charge in [0.25, 0.3) is 0 Å². The summed E-state index contributed by atoms with van der Waals surface area (Å²) in [7, 11) is -0.935. The number of hydrogen-bond donors (Lipinski definition) is 1. The molecule has 2 rings (SSSR count). The second-order valence-corrected chi connectivity index (χ2v) is 6.40. The summed E-state index contributed by atoms with van der Waals surface area (Å²) >= 11 is 0. The van der Waals surface area contributed by atoms with Crippen molar-refractivity contribution in [1.29, 1.82) is 0 Å². The molecule has 0 bridgehead atoms. The molecule has 0 aliphatic carbocycles. The molecule has 1 aromatic heterocycles. The van der Waals surface area contributed by atoms with Gasteiger partial charge in [-0.2, -0.15) is 5.10 Å². The molecule has 4 nitrogen and oxygen atoms in total. The third kappa shape index (κ3) is 4.02. The van der Waals surface area contributed by atoms with Crippen molar-refractivity contribution in [1.82, 2.24) is 15.1 Å². The molecule has 0 aliphatic heterocycles. The molecular weight excluding hydrogens is 270 g/mol. The van der Waals surface area contributed by atoms with Crippen molar-refractivity contribution in [3.05, 3.63) is 48.8 Å². The topological polar surface area (TPSA) is 46.9 Å². The Labute approximate surface area is 122 Å². The highest BCUT2D eigenvalue weighted by molar-refractivity contribution is 7.85. The molecule has 0 amide bonds. The Bertz CT molecular complexity index is 527. The molecule has 3 atom stereocenters. The minimum atomic E-state index is -0.935. The molecule has 0 radical (unpaired) electrons. The molecule has 5 heteroatoms. The van der Waals surface area contributed by atoms with Gasteiger partial charge in [-0.05, 0) is 32.0 Å². The maximum absolute atomic E-state index is 12.1. The van der Waals surface area contributed by atoms with Crippen LogP contribution in [0.5, 0.6) is 0 Å². The SMILES string of the molecule is C[C@H](NCC[S@@](=O)c1ccccc1)[C@H](C)n1cccn1. The van der Waals surface area contributed by atoms with Gasteiger partial charge < -0.3 is 5.32 Å². The first kappa shape index (κ1) is 14.9. The van der Waals surface area contributed by atoms with Gasteiger partial charge in [0.2, 0.25) is 0 Å². The summed E-state index contributed by atoms with van der Waals surface area (Å²) < 4.78 is 14.0. The number of aromatic nitrogens is 2. The lowest BCUT2D eigenvalue weighted by Crippen LogP contribution is -2.36. The summed E-state index contributed by atoms with van der Waals surface area (Å²) in [6.07, 6.45) is 3.75. The predicted octanol–water partition coefficient (Wildman–Crippen LogP) is 2.23. The van der Waals surface area contributed by atoms with E-state index < -0.39 is 10.8 Å². The van der Waals surface area contributed by atoms with Crippen LogP contribution < -0.4 is 5.32 Å². The smallest absolute Gasteiger partial charge is 0.0641 e. The largest absolute Gasteiger partial charge is 0.311 e. The van der Waals surface area contributed by atoms with E-state index in [1.807, 2.05) is 47.3 Å². The van der Waals surface area contributed by atoms with Gasteiger partial charge >= 0.3 is 0 Å².